The molecule has 0 atom stereocenters. The Morgan fingerprint density at radius 1 is 0.375 bits per heavy atom. The fourth-order valence-corrected chi connectivity index (χ4v) is 8.08. The SMILES string of the molecule is CC(C)[NH+]([BH2-]Sc1c(F)c(F)c(F)c(F)c1F)C(C)C.CC(C)[NH+]([BH2-]Sc1c(F)c(F)c(F)c(F)c1F)C(C)C. The minimum absolute atomic E-state index is 0.226. The molecule has 0 saturated heterocycles. The summed E-state index contributed by atoms with van der Waals surface area (Å²) in [6.07, 6.45) is 0. The first-order valence-corrected chi connectivity index (χ1v) is 15.3. The minimum atomic E-state index is -2.11. The summed E-state index contributed by atoms with van der Waals surface area (Å²) in [5.74, 6) is -18.7. The van der Waals surface area contributed by atoms with Crippen LogP contribution in [-0.2, 0) is 0 Å². The summed E-state index contributed by atoms with van der Waals surface area (Å²) in [7, 11) is 0. The van der Waals surface area contributed by atoms with E-state index in [1.54, 1.807) is 0 Å². The van der Waals surface area contributed by atoms with E-state index < -0.39 is 81.3 Å². The molecule has 0 spiro atoms. The molecule has 16 heteroatoms. The molecule has 0 aliphatic heterocycles. The van der Waals surface area contributed by atoms with Crippen LogP contribution in [-0.4, -0.2) is 37.6 Å². The van der Waals surface area contributed by atoms with Gasteiger partial charge in [0.25, 0.3) is 0 Å². The first kappa shape index (κ1) is 36.5. The van der Waals surface area contributed by atoms with E-state index in [-0.39, 0.29) is 24.2 Å². The van der Waals surface area contributed by atoms with Crippen LogP contribution >= 0.6 is 23.2 Å². The zero-order valence-electron chi connectivity index (χ0n) is 23.9. The highest BCUT2D eigenvalue weighted by atomic mass is 32.2. The second-order valence-electron chi connectivity index (χ2n) is 10.7. The molecular formula is C24H34B2F10N2S2. The largest absolute Gasteiger partial charge is 0.518 e. The van der Waals surface area contributed by atoms with Gasteiger partial charge in [0, 0.05) is 24.2 Å². The van der Waals surface area contributed by atoms with E-state index in [0.29, 0.717) is 0 Å². The Balaban J connectivity index is 0.000000400. The van der Waals surface area contributed by atoms with Crippen molar-refractivity contribution < 1.29 is 53.5 Å². The zero-order valence-corrected chi connectivity index (χ0v) is 25.5. The van der Waals surface area contributed by atoms with Crippen LogP contribution in [0.5, 0.6) is 0 Å². The molecule has 0 radical (unpaired) electrons. The molecular weight excluding hydrogens is 592 g/mol. The Morgan fingerprint density at radius 2 is 0.550 bits per heavy atom. The van der Waals surface area contributed by atoms with Crippen LogP contribution < -0.4 is 9.62 Å². The Labute approximate surface area is 237 Å². The van der Waals surface area contributed by atoms with Crippen molar-refractivity contribution >= 4 is 36.6 Å². The smallest absolute Gasteiger partial charge is 0.241 e. The number of quaternary nitrogens is 2. The van der Waals surface area contributed by atoms with E-state index >= 15 is 0 Å². The normalized spacial score (nSPS) is 12.0. The zero-order chi connectivity index (χ0) is 31.2. The number of nitrogens with one attached hydrogen (secondary N) is 2. The molecule has 2 aromatic rings. The lowest BCUT2D eigenvalue weighted by Crippen LogP contribution is -3.19. The van der Waals surface area contributed by atoms with Crippen LogP contribution in [0.2, 0.25) is 0 Å². The summed E-state index contributed by atoms with van der Waals surface area (Å²) in [4.78, 5) is 0.721. The highest BCUT2D eigenvalue weighted by Crippen LogP contribution is 2.30. The third kappa shape index (κ3) is 8.75. The van der Waals surface area contributed by atoms with Crippen molar-refractivity contribution in [1.82, 2.24) is 0 Å². The van der Waals surface area contributed by atoms with E-state index in [1.165, 1.54) is 0 Å². The van der Waals surface area contributed by atoms with Crippen molar-refractivity contribution in [3.63, 3.8) is 0 Å². The molecule has 2 aromatic carbocycles. The fraction of sp³-hybridized carbons (Fsp3) is 0.500. The second-order valence-corrected chi connectivity index (χ2v) is 13.2. The van der Waals surface area contributed by atoms with Gasteiger partial charge in [-0.15, -0.1) is 0 Å². The maximum atomic E-state index is 13.5. The fourth-order valence-electron chi connectivity index (χ4n) is 4.24. The molecule has 2 nitrogen and oxygen atoms in total. The summed E-state index contributed by atoms with van der Waals surface area (Å²) in [6, 6.07) is 0.903. The summed E-state index contributed by atoms with van der Waals surface area (Å²) in [6.45, 7) is 13.6. The Bertz CT molecular complexity index is 1010. The maximum absolute atomic E-state index is 13.5. The molecule has 0 unspecified atom stereocenters. The van der Waals surface area contributed by atoms with Crippen LogP contribution in [0.4, 0.5) is 43.9 Å². The number of rotatable bonds is 10. The number of hydrogen-bond donors (Lipinski definition) is 2. The Kier molecular flexibility index (Phi) is 14.3. The molecule has 2 N–H and O–H groups in total. The molecule has 0 fully saturated rings. The van der Waals surface area contributed by atoms with Gasteiger partial charge in [0.1, 0.15) is 0 Å². The Hall–Kier alpha value is -1.51. The van der Waals surface area contributed by atoms with Crippen LogP contribution in [0.15, 0.2) is 9.79 Å². The van der Waals surface area contributed by atoms with Gasteiger partial charge in [0.2, 0.25) is 25.0 Å². The van der Waals surface area contributed by atoms with Crippen LogP contribution in [0.25, 0.3) is 0 Å². The van der Waals surface area contributed by atoms with Crippen molar-refractivity contribution in [3.8, 4) is 0 Å². The first-order chi connectivity index (χ1) is 18.4. The predicted octanol–water partition coefficient (Wildman–Crippen LogP) is 4.35. The molecule has 0 aliphatic rings. The predicted molar refractivity (Wildman–Crippen MR) is 144 cm³/mol. The average molecular weight is 626 g/mol. The van der Waals surface area contributed by atoms with Crippen LogP contribution in [0.1, 0.15) is 55.4 Å². The minimum Gasteiger partial charge on any atom is -0.518 e. The first-order valence-electron chi connectivity index (χ1n) is 12.9. The van der Waals surface area contributed by atoms with Gasteiger partial charge in [0.15, 0.2) is 46.5 Å². The summed E-state index contributed by atoms with van der Waals surface area (Å²) in [5, 5.41) is 0. The molecule has 0 heterocycles. The van der Waals surface area contributed by atoms with E-state index in [1.807, 2.05) is 55.4 Å². The lowest BCUT2D eigenvalue weighted by Gasteiger charge is -2.35. The maximum Gasteiger partial charge on any atom is 0.241 e. The lowest BCUT2D eigenvalue weighted by molar-refractivity contribution is -0.830. The topological polar surface area (TPSA) is 8.88 Å². The van der Waals surface area contributed by atoms with Crippen molar-refractivity contribution in [1.29, 1.82) is 0 Å². The highest BCUT2D eigenvalue weighted by molar-refractivity contribution is 8.21. The molecule has 0 amide bonds. The summed E-state index contributed by atoms with van der Waals surface area (Å²) < 4.78 is 132. The van der Waals surface area contributed by atoms with Gasteiger partial charge in [-0.1, -0.05) is 0 Å². The molecule has 0 aromatic heterocycles. The number of hydrogen-bond acceptors (Lipinski definition) is 2. The molecule has 0 bridgehead atoms. The van der Waals surface area contributed by atoms with E-state index in [0.717, 1.165) is 32.8 Å². The Morgan fingerprint density at radius 3 is 0.725 bits per heavy atom. The lowest BCUT2D eigenvalue weighted by atomic mass is 10.1. The van der Waals surface area contributed by atoms with Gasteiger partial charge in [-0.25, -0.2) is 43.9 Å². The summed E-state index contributed by atoms with van der Waals surface area (Å²) in [5.41, 5.74) is 0. The number of benzene rings is 2. The van der Waals surface area contributed by atoms with E-state index in [9.17, 15) is 43.9 Å². The molecule has 228 valence electrons. The van der Waals surface area contributed by atoms with E-state index in [4.69, 9.17) is 0 Å². The summed E-state index contributed by atoms with van der Waals surface area (Å²) >= 11 is 1.53. The van der Waals surface area contributed by atoms with Crippen molar-refractivity contribution in [2.24, 2.45) is 0 Å². The quantitative estimate of drug-likeness (QED) is 0.176. The van der Waals surface area contributed by atoms with Gasteiger partial charge < -0.3 is 9.62 Å². The standard InChI is InChI=1S/2C12H17BF5NS/c2*1-5(2)19(6(3)4)13-20-12-10(17)8(15)7(14)9(16)11(12)18/h2*5-6,19H,13H2,1-4H3. The van der Waals surface area contributed by atoms with Crippen molar-refractivity contribution in [3.05, 3.63) is 58.2 Å². The van der Waals surface area contributed by atoms with Gasteiger partial charge in [-0.3, -0.25) is 23.2 Å². The average Bonchev–Trinajstić information content (AvgIpc) is 2.87. The molecule has 0 saturated carbocycles. The highest BCUT2D eigenvalue weighted by Gasteiger charge is 2.27. The third-order valence-corrected chi connectivity index (χ3v) is 9.95. The third-order valence-electron chi connectivity index (χ3n) is 7.07. The molecule has 40 heavy (non-hydrogen) atoms. The molecule has 2 rings (SSSR count). The van der Waals surface area contributed by atoms with Crippen LogP contribution in [0, 0.1) is 58.2 Å². The van der Waals surface area contributed by atoms with Gasteiger partial charge in [0.05, 0.1) is 9.79 Å². The second kappa shape index (κ2) is 15.6. The van der Waals surface area contributed by atoms with Gasteiger partial charge in [-0.2, -0.15) is 0 Å². The molecule has 0 aliphatic carbocycles. The number of halogens is 10. The van der Waals surface area contributed by atoms with Gasteiger partial charge >= 0.3 is 0 Å². The monoisotopic (exact) mass is 626 g/mol. The van der Waals surface area contributed by atoms with Crippen molar-refractivity contribution in [2.45, 2.75) is 89.3 Å². The van der Waals surface area contributed by atoms with Gasteiger partial charge in [-0.05, 0) is 55.4 Å². The van der Waals surface area contributed by atoms with Crippen LogP contribution in [0.3, 0.4) is 0 Å². The van der Waals surface area contributed by atoms with Crippen molar-refractivity contribution in [2.75, 3.05) is 0 Å². The van der Waals surface area contributed by atoms with E-state index in [2.05, 4.69) is 0 Å².